The maximum atomic E-state index is 13.1. The minimum atomic E-state index is -0.585. The third-order valence-electron chi connectivity index (χ3n) is 4.61. The highest BCUT2D eigenvalue weighted by Crippen LogP contribution is 2.36. The van der Waals surface area contributed by atoms with E-state index in [2.05, 4.69) is 10.1 Å². The van der Waals surface area contributed by atoms with Crippen LogP contribution in [-0.2, 0) is 0 Å². The monoisotopic (exact) mass is 390 g/mol. The standard InChI is InChI=1S/C18H22N4O6/c1-4-27-16-9-14(22(24)25)13(8-15(16)26-3)18(23)21-7-5-6-12(10-21)17-19-11(2)20-28-17/h8-9,12H,4-7,10H2,1-3H3. The van der Waals surface area contributed by atoms with E-state index in [9.17, 15) is 14.9 Å². The maximum absolute atomic E-state index is 13.1. The number of hydrogen-bond acceptors (Lipinski definition) is 8. The Morgan fingerprint density at radius 1 is 1.43 bits per heavy atom. The van der Waals surface area contributed by atoms with E-state index < -0.39 is 10.8 Å². The number of methoxy groups -OCH3 is 1. The van der Waals surface area contributed by atoms with Gasteiger partial charge in [-0.15, -0.1) is 0 Å². The normalized spacial score (nSPS) is 16.7. The number of aryl methyl sites for hydroxylation is 1. The van der Waals surface area contributed by atoms with Crippen LogP contribution in [0.25, 0.3) is 0 Å². The summed E-state index contributed by atoms with van der Waals surface area (Å²) < 4.78 is 15.9. The van der Waals surface area contributed by atoms with Gasteiger partial charge in [-0.3, -0.25) is 14.9 Å². The first-order chi connectivity index (χ1) is 13.4. The van der Waals surface area contributed by atoms with Gasteiger partial charge in [0.25, 0.3) is 11.6 Å². The van der Waals surface area contributed by atoms with E-state index in [1.807, 2.05) is 0 Å². The molecule has 10 heteroatoms. The SMILES string of the molecule is CCOc1cc([N+](=O)[O-])c(C(=O)N2CCCC(c3nc(C)no3)C2)cc1OC. The van der Waals surface area contributed by atoms with Crippen molar-refractivity contribution in [1.29, 1.82) is 0 Å². The number of hydrogen-bond donors (Lipinski definition) is 0. The summed E-state index contributed by atoms with van der Waals surface area (Å²) in [7, 11) is 1.42. The van der Waals surface area contributed by atoms with Crippen molar-refractivity contribution >= 4 is 11.6 Å². The number of carbonyl (C=O) groups is 1. The van der Waals surface area contributed by atoms with Crippen LogP contribution in [0.1, 0.15) is 47.8 Å². The van der Waals surface area contributed by atoms with Crippen molar-refractivity contribution in [1.82, 2.24) is 15.0 Å². The highest BCUT2D eigenvalue weighted by Gasteiger charge is 2.33. The fourth-order valence-electron chi connectivity index (χ4n) is 3.31. The second-order valence-electron chi connectivity index (χ2n) is 6.48. The molecule has 3 rings (SSSR count). The van der Waals surface area contributed by atoms with Crippen molar-refractivity contribution in [2.45, 2.75) is 32.6 Å². The van der Waals surface area contributed by atoms with Crippen LogP contribution >= 0.6 is 0 Å². The topological polar surface area (TPSA) is 121 Å². The number of nitro groups is 1. The number of rotatable bonds is 6. The number of benzene rings is 1. The summed E-state index contributed by atoms with van der Waals surface area (Å²) in [6.45, 7) is 4.66. The first kappa shape index (κ1) is 19.6. The van der Waals surface area contributed by atoms with E-state index >= 15 is 0 Å². The molecule has 0 aliphatic carbocycles. The van der Waals surface area contributed by atoms with Crippen LogP contribution in [0.5, 0.6) is 11.5 Å². The number of piperidine rings is 1. The molecule has 1 aromatic carbocycles. The smallest absolute Gasteiger partial charge is 0.286 e. The van der Waals surface area contributed by atoms with Gasteiger partial charge in [0, 0.05) is 19.2 Å². The summed E-state index contributed by atoms with van der Waals surface area (Å²) in [5.74, 6) is 0.985. The zero-order chi connectivity index (χ0) is 20.3. The van der Waals surface area contributed by atoms with Crippen molar-refractivity contribution < 1.29 is 23.7 Å². The Bertz CT molecular complexity index is 881. The lowest BCUT2D eigenvalue weighted by Crippen LogP contribution is -2.39. The van der Waals surface area contributed by atoms with Crippen molar-refractivity contribution in [3.63, 3.8) is 0 Å². The number of ether oxygens (including phenoxy) is 2. The Labute approximate surface area is 161 Å². The van der Waals surface area contributed by atoms with Gasteiger partial charge in [0.1, 0.15) is 5.56 Å². The van der Waals surface area contributed by atoms with E-state index in [-0.39, 0.29) is 28.7 Å². The first-order valence-electron chi connectivity index (χ1n) is 9.03. The molecule has 28 heavy (non-hydrogen) atoms. The van der Waals surface area contributed by atoms with E-state index in [0.717, 1.165) is 12.8 Å². The predicted molar refractivity (Wildman–Crippen MR) is 97.7 cm³/mol. The van der Waals surface area contributed by atoms with Crippen molar-refractivity contribution in [3.8, 4) is 11.5 Å². The molecule has 1 aliphatic heterocycles. The average molecular weight is 390 g/mol. The fourth-order valence-corrected chi connectivity index (χ4v) is 3.31. The van der Waals surface area contributed by atoms with Gasteiger partial charge in [-0.1, -0.05) is 5.16 Å². The molecule has 2 heterocycles. The van der Waals surface area contributed by atoms with Gasteiger partial charge >= 0.3 is 0 Å². The Morgan fingerprint density at radius 2 is 2.21 bits per heavy atom. The van der Waals surface area contributed by atoms with Gasteiger partial charge in [-0.25, -0.2) is 0 Å². The number of likely N-dealkylation sites (tertiary alicyclic amines) is 1. The van der Waals surface area contributed by atoms with Crippen LogP contribution in [0.15, 0.2) is 16.7 Å². The fraction of sp³-hybridized carbons (Fsp3) is 0.500. The summed E-state index contributed by atoms with van der Waals surface area (Å²) in [6.07, 6.45) is 1.54. The molecular formula is C18H22N4O6. The number of aromatic nitrogens is 2. The molecule has 0 radical (unpaired) electrons. The molecular weight excluding hydrogens is 368 g/mol. The molecule has 1 amide bonds. The quantitative estimate of drug-likeness (QED) is 0.545. The zero-order valence-corrected chi connectivity index (χ0v) is 16.0. The lowest BCUT2D eigenvalue weighted by Gasteiger charge is -2.31. The largest absolute Gasteiger partial charge is 0.493 e. The highest BCUT2D eigenvalue weighted by molar-refractivity contribution is 5.99. The summed E-state index contributed by atoms with van der Waals surface area (Å²) in [5.41, 5.74) is -0.349. The van der Waals surface area contributed by atoms with Crippen LogP contribution in [-0.4, -0.2) is 52.7 Å². The second-order valence-corrected chi connectivity index (χ2v) is 6.48. The van der Waals surface area contributed by atoms with Crippen molar-refractivity contribution in [3.05, 3.63) is 39.5 Å². The Balaban J connectivity index is 1.91. The molecule has 0 bridgehead atoms. The second kappa shape index (κ2) is 8.24. The van der Waals surface area contributed by atoms with E-state index in [0.29, 0.717) is 31.4 Å². The molecule has 150 valence electrons. The summed E-state index contributed by atoms with van der Waals surface area (Å²) in [6, 6.07) is 2.60. The molecule has 1 saturated heterocycles. The van der Waals surface area contributed by atoms with Gasteiger partial charge in [0.2, 0.25) is 5.89 Å². The van der Waals surface area contributed by atoms with Gasteiger partial charge < -0.3 is 18.9 Å². The third-order valence-corrected chi connectivity index (χ3v) is 4.61. The molecule has 1 unspecified atom stereocenters. The molecule has 1 atom stereocenters. The number of nitrogens with zero attached hydrogens (tertiary/aromatic N) is 4. The van der Waals surface area contributed by atoms with E-state index in [4.69, 9.17) is 14.0 Å². The number of amides is 1. The van der Waals surface area contributed by atoms with Gasteiger partial charge in [0.05, 0.1) is 30.6 Å². The lowest BCUT2D eigenvalue weighted by atomic mass is 9.97. The van der Waals surface area contributed by atoms with Crippen LogP contribution < -0.4 is 9.47 Å². The first-order valence-corrected chi connectivity index (χ1v) is 9.03. The predicted octanol–water partition coefficient (Wildman–Crippen LogP) is 2.71. The van der Waals surface area contributed by atoms with Crippen LogP contribution in [0.3, 0.4) is 0 Å². The van der Waals surface area contributed by atoms with Gasteiger partial charge in [-0.05, 0) is 26.7 Å². The van der Waals surface area contributed by atoms with Crippen LogP contribution in [0.4, 0.5) is 5.69 Å². The molecule has 2 aromatic rings. The van der Waals surface area contributed by atoms with Crippen LogP contribution in [0, 0.1) is 17.0 Å². The maximum Gasteiger partial charge on any atom is 0.286 e. The zero-order valence-electron chi connectivity index (χ0n) is 16.0. The lowest BCUT2D eigenvalue weighted by molar-refractivity contribution is -0.385. The van der Waals surface area contributed by atoms with E-state index in [1.165, 1.54) is 19.2 Å². The molecule has 10 nitrogen and oxygen atoms in total. The highest BCUT2D eigenvalue weighted by atomic mass is 16.6. The Morgan fingerprint density at radius 3 is 2.82 bits per heavy atom. The molecule has 0 N–H and O–H groups in total. The van der Waals surface area contributed by atoms with E-state index in [1.54, 1.807) is 18.7 Å². The summed E-state index contributed by atoms with van der Waals surface area (Å²) >= 11 is 0. The molecule has 0 saturated carbocycles. The van der Waals surface area contributed by atoms with Gasteiger partial charge in [0.15, 0.2) is 17.3 Å². The molecule has 1 fully saturated rings. The number of carbonyl (C=O) groups excluding carboxylic acids is 1. The number of nitro benzene ring substituents is 1. The molecule has 1 aliphatic rings. The van der Waals surface area contributed by atoms with Crippen molar-refractivity contribution in [2.24, 2.45) is 0 Å². The molecule has 1 aromatic heterocycles. The Hall–Kier alpha value is -3.17. The third kappa shape index (κ3) is 3.90. The Kier molecular flexibility index (Phi) is 5.76. The minimum Gasteiger partial charge on any atom is -0.493 e. The van der Waals surface area contributed by atoms with Crippen molar-refractivity contribution in [2.75, 3.05) is 26.8 Å². The average Bonchev–Trinajstić information content (AvgIpc) is 3.13. The van der Waals surface area contributed by atoms with Crippen LogP contribution in [0.2, 0.25) is 0 Å². The summed E-state index contributed by atoms with van der Waals surface area (Å²) in [5, 5.41) is 15.4. The summed E-state index contributed by atoms with van der Waals surface area (Å²) in [4.78, 5) is 29.9. The molecule has 0 spiro atoms. The van der Waals surface area contributed by atoms with Gasteiger partial charge in [-0.2, -0.15) is 4.98 Å². The minimum absolute atomic E-state index is 0.0346.